The Balaban J connectivity index is 1.29. The van der Waals surface area contributed by atoms with Crippen molar-refractivity contribution in [2.45, 2.75) is 30.8 Å². The molecular weight excluding hydrogens is 441 g/mol. The average Bonchev–Trinajstić information content (AvgIpc) is 3.04. The Labute approximate surface area is 199 Å². The zero-order chi connectivity index (χ0) is 23.2. The van der Waals surface area contributed by atoms with Crippen LogP contribution in [0, 0.1) is 11.7 Å². The molecule has 2 aromatic carbocycles. The van der Waals surface area contributed by atoms with Gasteiger partial charge in [-0.05, 0) is 67.7 Å². The number of fused-ring (bicyclic) bond motifs is 2. The lowest BCUT2D eigenvalue weighted by atomic mass is 9.74. The Bertz CT molecular complexity index is 1030. The van der Waals surface area contributed by atoms with Crippen LogP contribution in [0.25, 0.3) is 0 Å². The molecule has 0 aliphatic carbocycles. The second kappa shape index (κ2) is 8.90. The van der Waals surface area contributed by atoms with E-state index in [0.717, 1.165) is 49.3 Å². The van der Waals surface area contributed by atoms with Gasteiger partial charge >= 0.3 is 0 Å². The maximum absolute atomic E-state index is 14.0. The quantitative estimate of drug-likeness (QED) is 0.726. The number of aliphatic hydroxyl groups is 1. The number of amides is 1. The number of rotatable bonds is 5. The number of aliphatic hydroxyl groups excluding tert-OH is 1. The Morgan fingerprint density at radius 2 is 1.94 bits per heavy atom. The second-order valence-corrected chi connectivity index (χ2v) is 10.4. The monoisotopic (exact) mass is 471 g/mol. The molecule has 1 unspecified atom stereocenters. The summed E-state index contributed by atoms with van der Waals surface area (Å²) in [6, 6.07) is 12.9. The van der Waals surface area contributed by atoms with E-state index in [2.05, 4.69) is 16.8 Å². The molecule has 0 radical (unpaired) electrons. The molecule has 3 aliphatic rings. The van der Waals surface area contributed by atoms with E-state index in [1.165, 1.54) is 0 Å². The van der Waals surface area contributed by atoms with Crippen molar-refractivity contribution in [3.63, 3.8) is 0 Å². The number of benzene rings is 2. The number of piperidine rings is 1. The Hall–Kier alpha value is -2.15. The Kier molecular flexibility index (Phi) is 6.10. The van der Waals surface area contributed by atoms with Gasteiger partial charge in [0.25, 0.3) is 0 Å². The molecule has 1 N–H and O–H groups in total. The van der Waals surface area contributed by atoms with Crippen molar-refractivity contribution in [2.75, 3.05) is 51.2 Å². The third-order valence-electron chi connectivity index (χ3n) is 7.72. The molecule has 1 amide bonds. The van der Waals surface area contributed by atoms with Crippen molar-refractivity contribution in [2.24, 2.45) is 5.92 Å². The third-order valence-corrected chi connectivity index (χ3v) is 8.09. The minimum Gasteiger partial charge on any atom is -0.389 e. The highest BCUT2D eigenvalue weighted by atomic mass is 35.5. The second-order valence-electron chi connectivity index (χ2n) is 9.99. The molecule has 1 atom stereocenters. The molecule has 2 saturated heterocycles. The molecule has 2 fully saturated rings. The van der Waals surface area contributed by atoms with E-state index in [0.29, 0.717) is 31.1 Å². The average molecular weight is 472 g/mol. The molecule has 33 heavy (non-hydrogen) atoms. The topological polar surface area (TPSA) is 47.0 Å². The molecule has 2 aromatic rings. The zero-order valence-electron chi connectivity index (χ0n) is 19.0. The number of carbonyl (C=O) groups is 1. The van der Waals surface area contributed by atoms with Crippen LogP contribution in [0.3, 0.4) is 0 Å². The van der Waals surface area contributed by atoms with Gasteiger partial charge in [0.1, 0.15) is 5.82 Å². The fraction of sp³-hybridized carbons (Fsp3) is 0.500. The van der Waals surface area contributed by atoms with Gasteiger partial charge in [0.15, 0.2) is 0 Å². The van der Waals surface area contributed by atoms with Gasteiger partial charge in [0.05, 0.1) is 12.0 Å². The largest absolute Gasteiger partial charge is 0.389 e. The van der Waals surface area contributed by atoms with Crippen LogP contribution in [0.5, 0.6) is 0 Å². The number of carbonyl (C=O) groups excluding carboxylic acids is 1. The van der Waals surface area contributed by atoms with Crippen LogP contribution in [-0.4, -0.2) is 73.2 Å². The van der Waals surface area contributed by atoms with Crippen molar-refractivity contribution in [1.82, 2.24) is 9.80 Å². The first-order chi connectivity index (χ1) is 15.8. The molecule has 3 heterocycles. The molecule has 7 heteroatoms. The maximum atomic E-state index is 14.0. The highest BCUT2D eigenvalue weighted by molar-refractivity contribution is 6.31. The first-order valence-corrected chi connectivity index (χ1v) is 12.2. The van der Waals surface area contributed by atoms with Crippen LogP contribution in [0.1, 0.15) is 24.0 Å². The molecule has 5 nitrogen and oxygen atoms in total. The summed E-state index contributed by atoms with van der Waals surface area (Å²) in [6.07, 6.45) is 2.07. The minimum atomic E-state index is -0.412. The van der Waals surface area contributed by atoms with Crippen molar-refractivity contribution in [3.05, 3.63) is 64.4 Å². The number of likely N-dealkylation sites (N-methyl/N-ethyl adjacent to an activating group) is 1. The van der Waals surface area contributed by atoms with E-state index in [1.807, 2.05) is 30.3 Å². The van der Waals surface area contributed by atoms with E-state index < -0.39 is 6.10 Å². The van der Waals surface area contributed by atoms with Crippen molar-refractivity contribution >= 4 is 23.2 Å². The smallest absolute Gasteiger partial charge is 0.227 e. The van der Waals surface area contributed by atoms with Crippen molar-refractivity contribution in [1.29, 1.82) is 0 Å². The maximum Gasteiger partial charge on any atom is 0.227 e. The number of hydrogen-bond acceptors (Lipinski definition) is 4. The van der Waals surface area contributed by atoms with Crippen LogP contribution < -0.4 is 4.90 Å². The zero-order valence-corrected chi connectivity index (χ0v) is 19.8. The molecule has 5 rings (SSSR count). The summed E-state index contributed by atoms with van der Waals surface area (Å²) in [5, 5.41) is 10.4. The summed E-state index contributed by atoms with van der Waals surface area (Å²) >= 11 is 6.41. The Morgan fingerprint density at radius 3 is 2.64 bits per heavy atom. The lowest BCUT2D eigenvalue weighted by molar-refractivity contribution is -0.146. The van der Waals surface area contributed by atoms with Crippen molar-refractivity contribution < 1.29 is 14.3 Å². The van der Waals surface area contributed by atoms with E-state index in [9.17, 15) is 14.3 Å². The van der Waals surface area contributed by atoms with Gasteiger partial charge in [-0.3, -0.25) is 4.79 Å². The van der Waals surface area contributed by atoms with Crippen LogP contribution >= 0.6 is 11.6 Å². The van der Waals surface area contributed by atoms with Gasteiger partial charge in [-0.1, -0.05) is 29.8 Å². The van der Waals surface area contributed by atoms with Gasteiger partial charge in [-0.2, -0.15) is 0 Å². The lowest BCUT2D eigenvalue weighted by Gasteiger charge is -2.42. The highest BCUT2D eigenvalue weighted by Crippen LogP contribution is 2.46. The van der Waals surface area contributed by atoms with Gasteiger partial charge in [-0.15, -0.1) is 0 Å². The van der Waals surface area contributed by atoms with Gasteiger partial charge < -0.3 is 19.8 Å². The summed E-state index contributed by atoms with van der Waals surface area (Å²) < 4.78 is 14.0. The van der Waals surface area contributed by atoms with Gasteiger partial charge in [0, 0.05) is 49.4 Å². The van der Waals surface area contributed by atoms with Crippen molar-refractivity contribution in [3.8, 4) is 0 Å². The molecular formula is C26H31ClFN3O2. The van der Waals surface area contributed by atoms with Crippen LogP contribution in [0.2, 0.25) is 5.02 Å². The van der Waals surface area contributed by atoms with E-state index in [-0.39, 0.29) is 23.1 Å². The van der Waals surface area contributed by atoms with E-state index >= 15 is 0 Å². The molecule has 1 spiro atoms. The van der Waals surface area contributed by atoms with Gasteiger partial charge in [-0.25, -0.2) is 4.39 Å². The minimum absolute atomic E-state index is 0.0213. The SMILES string of the molecule is CN1CC2(CCN(CC(Cc3ccccc3Cl)C(=O)N3CC(O)C3)CC2)c2cc(F)ccc21. The lowest BCUT2D eigenvalue weighted by Crippen LogP contribution is -2.57. The number of likely N-dealkylation sites (tertiary alicyclic amines) is 2. The summed E-state index contributed by atoms with van der Waals surface area (Å²) in [7, 11) is 2.08. The summed E-state index contributed by atoms with van der Waals surface area (Å²) in [6.45, 7) is 4.15. The van der Waals surface area contributed by atoms with Crippen LogP contribution in [0.4, 0.5) is 10.1 Å². The first kappa shape index (κ1) is 22.6. The first-order valence-electron chi connectivity index (χ1n) is 11.8. The normalized spacial score (nSPS) is 21.2. The van der Waals surface area contributed by atoms with Crippen LogP contribution in [0.15, 0.2) is 42.5 Å². The molecule has 0 saturated carbocycles. The van der Waals surface area contributed by atoms with Gasteiger partial charge in [0.2, 0.25) is 5.91 Å². The molecule has 0 bridgehead atoms. The fourth-order valence-electron chi connectivity index (χ4n) is 5.85. The standard InChI is InChI=1S/C26H31ClFN3O2/c1-29-17-26(22-13-20(28)6-7-24(22)29)8-10-30(11-9-26)14-19(25(33)31-15-21(32)16-31)12-18-4-2-3-5-23(18)27/h2-7,13,19,21,32H,8-12,14-17H2,1H3. The predicted octanol–water partition coefficient (Wildman–Crippen LogP) is 3.32. The van der Waals surface area contributed by atoms with Crippen LogP contribution in [-0.2, 0) is 16.6 Å². The number of anilines is 1. The number of nitrogens with zero attached hydrogens (tertiary/aromatic N) is 3. The number of β-amino-alcohol motifs (C(OH)–C–C–N with tert-alkyl or cyclic N) is 1. The van der Waals surface area contributed by atoms with E-state index in [1.54, 1.807) is 17.0 Å². The Morgan fingerprint density at radius 1 is 1.21 bits per heavy atom. The molecule has 0 aromatic heterocycles. The fourth-order valence-corrected chi connectivity index (χ4v) is 6.06. The number of hydrogen-bond donors (Lipinski definition) is 1. The third kappa shape index (κ3) is 4.36. The molecule has 176 valence electrons. The molecule has 3 aliphatic heterocycles. The summed E-state index contributed by atoms with van der Waals surface area (Å²) in [4.78, 5) is 19.6. The highest BCUT2D eigenvalue weighted by Gasteiger charge is 2.44. The number of halogens is 2. The van der Waals surface area contributed by atoms with E-state index in [4.69, 9.17) is 11.6 Å². The predicted molar refractivity (Wildman–Crippen MR) is 128 cm³/mol. The summed E-state index contributed by atoms with van der Waals surface area (Å²) in [5.41, 5.74) is 3.22. The summed E-state index contributed by atoms with van der Waals surface area (Å²) in [5.74, 6) is -0.288.